The highest BCUT2D eigenvalue weighted by Gasteiger charge is 2.34. The van der Waals surface area contributed by atoms with Gasteiger partial charge in [0.25, 0.3) is 0 Å². The van der Waals surface area contributed by atoms with Crippen molar-refractivity contribution in [3.63, 3.8) is 0 Å². The Hall–Kier alpha value is 0.270. The van der Waals surface area contributed by atoms with Crippen LogP contribution in [0.4, 0.5) is 0 Å². The van der Waals surface area contributed by atoms with Crippen LogP contribution in [0, 0.1) is 11.8 Å². The zero-order valence-corrected chi connectivity index (χ0v) is 12.9. The molecule has 2 rings (SSSR count). The quantitative estimate of drug-likeness (QED) is 0.804. The second-order valence-corrected chi connectivity index (χ2v) is 7.61. The first kappa shape index (κ1) is 14.7. The van der Waals surface area contributed by atoms with Crippen molar-refractivity contribution in [2.45, 2.75) is 58.0 Å². The highest BCUT2D eigenvalue weighted by Crippen LogP contribution is 2.33. The summed E-state index contributed by atoms with van der Waals surface area (Å²) in [5.74, 6) is 4.29. The molecule has 0 aromatic heterocycles. The molecule has 2 atom stereocenters. The molecule has 3 heteroatoms. The summed E-state index contributed by atoms with van der Waals surface area (Å²) in [6, 6.07) is 1.47. The molecule has 106 valence electrons. The second-order valence-electron chi connectivity index (χ2n) is 6.46. The Morgan fingerprint density at radius 3 is 2.44 bits per heavy atom. The number of thioether (sulfide) groups is 1. The lowest BCUT2D eigenvalue weighted by Crippen LogP contribution is -2.51. The molecule has 2 N–H and O–H groups in total. The Kier molecular flexibility index (Phi) is 5.84. The van der Waals surface area contributed by atoms with E-state index in [4.69, 9.17) is 5.73 Å². The number of nitrogens with zero attached hydrogens (tertiary/aromatic N) is 1. The normalized spacial score (nSPS) is 27.5. The fourth-order valence-electron chi connectivity index (χ4n) is 3.67. The lowest BCUT2D eigenvalue weighted by molar-refractivity contribution is 0.0902. The maximum Gasteiger partial charge on any atom is 0.0257 e. The number of hydrogen-bond acceptors (Lipinski definition) is 3. The Balaban J connectivity index is 2.03. The van der Waals surface area contributed by atoms with Crippen LogP contribution < -0.4 is 5.73 Å². The third-order valence-electron chi connectivity index (χ3n) is 4.55. The summed E-state index contributed by atoms with van der Waals surface area (Å²) in [7, 11) is 0. The molecule has 0 spiro atoms. The summed E-state index contributed by atoms with van der Waals surface area (Å²) in [5, 5.41) is 0. The predicted octanol–water partition coefficient (Wildman–Crippen LogP) is 2.97. The van der Waals surface area contributed by atoms with Crippen molar-refractivity contribution in [3.8, 4) is 0 Å². The second kappa shape index (κ2) is 7.16. The van der Waals surface area contributed by atoms with Gasteiger partial charge in [0.2, 0.25) is 0 Å². The summed E-state index contributed by atoms with van der Waals surface area (Å²) in [6.45, 7) is 6.79. The van der Waals surface area contributed by atoms with Crippen molar-refractivity contribution >= 4 is 11.8 Å². The van der Waals surface area contributed by atoms with Gasteiger partial charge in [-0.2, -0.15) is 11.8 Å². The van der Waals surface area contributed by atoms with Crippen molar-refractivity contribution in [2.24, 2.45) is 17.6 Å². The van der Waals surface area contributed by atoms with Gasteiger partial charge in [0.15, 0.2) is 0 Å². The van der Waals surface area contributed by atoms with Crippen LogP contribution >= 0.6 is 11.8 Å². The van der Waals surface area contributed by atoms with Crippen LogP contribution in [0.3, 0.4) is 0 Å². The molecular weight excluding hydrogens is 240 g/mol. The van der Waals surface area contributed by atoms with Crippen molar-refractivity contribution in [1.82, 2.24) is 4.90 Å². The van der Waals surface area contributed by atoms with E-state index in [9.17, 15) is 0 Å². The summed E-state index contributed by atoms with van der Waals surface area (Å²) in [6.07, 6.45) is 7.05. The molecule has 0 aromatic rings. The van der Waals surface area contributed by atoms with Crippen molar-refractivity contribution in [2.75, 3.05) is 24.6 Å². The maximum absolute atomic E-state index is 6.15. The molecule has 18 heavy (non-hydrogen) atoms. The molecule has 2 aliphatic rings. The first-order valence-corrected chi connectivity index (χ1v) is 8.91. The van der Waals surface area contributed by atoms with E-state index in [0.29, 0.717) is 6.04 Å². The van der Waals surface area contributed by atoms with Gasteiger partial charge in [-0.25, -0.2) is 0 Å². The van der Waals surface area contributed by atoms with E-state index >= 15 is 0 Å². The lowest BCUT2D eigenvalue weighted by atomic mass is 9.94. The van der Waals surface area contributed by atoms with Crippen molar-refractivity contribution in [1.29, 1.82) is 0 Å². The van der Waals surface area contributed by atoms with Crippen LogP contribution in [-0.2, 0) is 0 Å². The molecule has 1 saturated heterocycles. The van der Waals surface area contributed by atoms with Crippen LogP contribution in [0.2, 0.25) is 0 Å². The smallest absolute Gasteiger partial charge is 0.0257 e. The Labute approximate surface area is 117 Å². The third-order valence-corrected chi connectivity index (χ3v) is 5.73. The van der Waals surface area contributed by atoms with E-state index in [2.05, 4.69) is 30.5 Å². The van der Waals surface area contributed by atoms with Gasteiger partial charge in [-0.3, -0.25) is 4.90 Å². The minimum absolute atomic E-state index is 0.644. The summed E-state index contributed by atoms with van der Waals surface area (Å²) < 4.78 is 0. The van der Waals surface area contributed by atoms with Gasteiger partial charge in [0.05, 0.1) is 0 Å². The minimum Gasteiger partial charge on any atom is -0.329 e. The summed E-state index contributed by atoms with van der Waals surface area (Å²) in [5.41, 5.74) is 6.15. The maximum atomic E-state index is 6.15. The fourth-order valence-corrected chi connectivity index (χ4v) is 5.00. The molecule has 0 amide bonds. The summed E-state index contributed by atoms with van der Waals surface area (Å²) in [4.78, 5) is 2.80. The van der Waals surface area contributed by atoms with E-state index in [0.717, 1.165) is 24.4 Å². The van der Waals surface area contributed by atoms with Crippen molar-refractivity contribution in [3.05, 3.63) is 0 Å². The molecule has 2 unspecified atom stereocenters. The van der Waals surface area contributed by atoms with E-state index in [1.165, 1.54) is 50.2 Å². The SMILES string of the molecule is CC(C)CN(C1CCCC1)C(CN)C1CCSC1. The highest BCUT2D eigenvalue weighted by molar-refractivity contribution is 7.99. The van der Waals surface area contributed by atoms with E-state index < -0.39 is 0 Å². The average molecular weight is 270 g/mol. The zero-order chi connectivity index (χ0) is 13.0. The molecular formula is C15H30N2S. The molecule has 1 aliphatic heterocycles. The standard InChI is InChI=1S/C15H30N2S/c1-12(2)10-17(14-5-3-4-6-14)15(9-16)13-7-8-18-11-13/h12-15H,3-11,16H2,1-2H3. The van der Waals surface area contributed by atoms with Crippen LogP contribution in [0.15, 0.2) is 0 Å². The predicted molar refractivity (Wildman–Crippen MR) is 82.1 cm³/mol. The van der Waals surface area contributed by atoms with Gasteiger partial charge in [-0.1, -0.05) is 26.7 Å². The van der Waals surface area contributed by atoms with Gasteiger partial charge >= 0.3 is 0 Å². The zero-order valence-electron chi connectivity index (χ0n) is 12.1. The van der Waals surface area contributed by atoms with Crippen LogP contribution in [0.5, 0.6) is 0 Å². The average Bonchev–Trinajstić information content (AvgIpc) is 3.01. The molecule has 0 aromatic carbocycles. The Bertz CT molecular complexity index is 233. The summed E-state index contributed by atoms with van der Waals surface area (Å²) >= 11 is 2.12. The molecule has 2 fully saturated rings. The molecule has 2 nitrogen and oxygen atoms in total. The number of nitrogens with two attached hydrogens (primary N) is 1. The van der Waals surface area contributed by atoms with Crippen LogP contribution in [0.1, 0.15) is 46.0 Å². The van der Waals surface area contributed by atoms with E-state index in [1.54, 1.807) is 0 Å². The van der Waals surface area contributed by atoms with Crippen LogP contribution in [-0.4, -0.2) is 41.6 Å². The first-order valence-electron chi connectivity index (χ1n) is 7.76. The molecule has 0 radical (unpaired) electrons. The third kappa shape index (κ3) is 3.64. The monoisotopic (exact) mass is 270 g/mol. The van der Waals surface area contributed by atoms with Gasteiger partial charge in [0.1, 0.15) is 0 Å². The van der Waals surface area contributed by atoms with Crippen LogP contribution in [0.25, 0.3) is 0 Å². The highest BCUT2D eigenvalue weighted by atomic mass is 32.2. The van der Waals surface area contributed by atoms with Gasteiger partial charge < -0.3 is 5.73 Å². The van der Waals surface area contributed by atoms with E-state index in [-0.39, 0.29) is 0 Å². The fraction of sp³-hybridized carbons (Fsp3) is 1.00. The molecule has 1 aliphatic carbocycles. The largest absolute Gasteiger partial charge is 0.329 e. The topological polar surface area (TPSA) is 29.3 Å². The number of hydrogen-bond donors (Lipinski definition) is 1. The molecule has 1 saturated carbocycles. The molecule has 0 bridgehead atoms. The minimum atomic E-state index is 0.644. The Morgan fingerprint density at radius 1 is 1.22 bits per heavy atom. The van der Waals surface area contributed by atoms with E-state index in [1.807, 2.05) is 0 Å². The first-order chi connectivity index (χ1) is 8.72. The molecule has 1 heterocycles. The van der Waals surface area contributed by atoms with Crippen molar-refractivity contribution < 1.29 is 0 Å². The van der Waals surface area contributed by atoms with Gasteiger partial charge in [-0.15, -0.1) is 0 Å². The lowest BCUT2D eigenvalue weighted by Gasteiger charge is -2.40. The van der Waals surface area contributed by atoms with Gasteiger partial charge in [-0.05, 0) is 42.6 Å². The van der Waals surface area contributed by atoms with Gasteiger partial charge in [0, 0.05) is 25.2 Å². The Morgan fingerprint density at radius 2 is 1.94 bits per heavy atom. The number of rotatable bonds is 6.